The van der Waals surface area contributed by atoms with Gasteiger partial charge in [0.2, 0.25) is 11.9 Å². The van der Waals surface area contributed by atoms with E-state index < -0.39 is 6.09 Å². The van der Waals surface area contributed by atoms with Gasteiger partial charge in [-0.3, -0.25) is 10.5 Å². The highest BCUT2D eigenvalue weighted by Crippen LogP contribution is 2.37. The van der Waals surface area contributed by atoms with E-state index in [-0.39, 0.29) is 5.92 Å². The molecule has 0 spiro atoms. The quantitative estimate of drug-likeness (QED) is 0.219. The molecule has 1 amide bonds. The standard InChI is InChI=1S/C27H23ClN8O3/c1-39-27(37)31-20-8-5-16(6-9-20)23-13-29-26(32-23)21-4-2-3-17-11-18(14-36(38)25(17)21)22-12-19(28)7-10-24(22)35-15-30-33-34-35/h5-15,21H,2-4H2,1H3,(H2-,29,31,32,33,34,37,38)/p+1. The van der Waals surface area contributed by atoms with Gasteiger partial charge < -0.3 is 9.72 Å². The number of hydrogen-bond acceptors (Lipinski definition) is 7. The lowest BCUT2D eigenvalue weighted by Crippen LogP contribution is -2.40. The topological polar surface area (TPSA) is 135 Å². The largest absolute Gasteiger partial charge is 0.453 e. The van der Waals surface area contributed by atoms with E-state index in [1.807, 2.05) is 24.3 Å². The van der Waals surface area contributed by atoms with Gasteiger partial charge in [-0.05, 0) is 71.7 Å². The van der Waals surface area contributed by atoms with Gasteiger partial charge in [-0.2, -0.15) is 4.68 Å². The number of tetrazole rings is 1. The first-order chi connectivity index (χ1) is 19.0. The van der Waals surface area contributed by atoms with Gasteiger partial charge in [0.1, 0.15) is 18.1 Å². The molecule has 3 heterocycles. The van der Waals surface area contributed by atoms with Crippen molar-refractivity contribution in [2.75, 3.05) is 12.4 Å². The number of ether oxygens (including phenoxy) is 1. The normalized spacial score (nSPS) is 14.6. The molecule has 0 saturated heterocycles. The van der Waals surface area contributed by atoms with E-state index in [0.717, 1.165) is 64.4 Å². The summed E-state index contributed by atoms with van der Waals surface area (Å²) in [5.41, 5.74) is 6.57. The zero-order valence-electron chi connectivity index (χ0n) is 20.9. The number of aromatic amines is 1. The molecule has 1 unspecified atom stereocenters. The molecule has 1 atom stereocenters. The first kappa shape index (κ1) is 24.6. The summed E-state index contributed by atoms with van der Waals surface area (Å²) in [7, 11) is 1.32. The number of nitrogens with zero attached hydrogens (tertiary/aromatic N) is 6. The van der Waals surface area contributed by atoms with Gasteiger partial charge >= 0.3 is 6.09 Å². The molecule has 5 aromatic rings. The number of fused-ring (bicyclic) bond motifs is 1. The highest BCUT2D eigenvalue weighted by atomic mass is 35.5. The van der Waals surface area contributed by atoms with Gasteiger partial charge in [0.25, 0.3) is 0 Å². The van der Waals surface area contributed by atoms with Crippen molar-refractivity contribution in [2.45, 2.75) is 25.2 Å². The number of anilines is 1. The summed E-state index contributed by atoms with van der Waals surface area (Å²) >= 11 is 6.34. The summed E-state index contributed by atoms with van der Waals surface area (Å²) in [6, 6.07) is 14.9. The number of methoxy groups -OCH3 is 1. The maximum atomic E-state index is 11.4. The van der Waals surface area contributed by atoms with Crippen molar-refractivity contribution in [1.29, 1.82) is 0 Å². The summed E-state index contributed by atoms with van der Waals surface area (Å²) in [5.74, 6) is 0.663. The summed E-state index contributed by atoms with van der Waals surface area (Å²) in [5, 5.41) is 25.9. The van der Waals surface area contributed by atoms with Crippen molar-refractivity contribution in [3.05, 3.63) is 89.4 Å². The van der Waals surface area contributed by atoms with Crippen LogP contribution in [-0.4, -0.2) is 48.6 Å². The molecule has 6 rings (SSSR count). The second kappa shape index (κ2) is 10.2. The number of hydrogen-bond donors (Lipinski definition) is 3. The average Bonchev–Trinajstić information content (AvgIpc) is 3.66. The number of aromatic nitrogens is 7. The molecule has 12 heteroatoms. The fourth-order valence-corrected chi connectivity index (χ4v) is 5.22. The van der Waals surface area contributed by atoms with Gasteiger partial charge in [0.05, 0.1) is 30.3 Å². The van der Waals surface area contributed by atoms with Crippen molar-refractivity contribution < 1.29 is 19.5 Å². The second-order valence-electron chi connectivity index (χ2n) is 9.22. The Morgan fingerprint density at radius 1 is 1.21 bits per heavy atom. The van der Waals surface area contributed by atoms with Crippen molar-refractivity contribution in [3.8, 4) is 28.1 Å². The first-order valence-electron chi connectivity index (χ1n) is 12.3. The van der Waals surface area contributed by atoms with Gasteiger partial charge in [-0.1, -0.05) is 23.7 Å². The number of halogens is 1. The van der Waals surface area contributed by atoms with Crippen molar-refractivity contribution in [1.82, 2.24) is 30.2 Å². The van der Waals surface area contributed by atoms with Crippen LogP contribution in [0.2, 0.25) is 5.02 Å². The van der Waals surface area contributed by atoms with E-state index in [0.29, 0.717) is 10.7 Å². The predicted molar refractivity (Wildman–Crippen MR) is 142 cm³/mol. The number of aryl methyl sites for hydroxylation is 1. The van der Waals surface area contributed by atoms with Crippen LogP contribution in [0.25, 0.3) is 28.1 Å². The molecule has 0 bridgehead atoms. The molecular formula is C27H24ClN8O3+. The number of imidazole rings is 1. The molecular weight excluding hydrogens is 520 g/mol. The summed E-state index contributed by atoms with van der Waals surface area (Å²) in [6.45, 7) is 0. The molecule has 39 heavy (non-hydrogen) atoms. The van der Waals surface area contributed by atoms with Gasteiger partial charge in [0, 0.05) is 26.6 Å². The molecule has 11 nitrogen and oxygen atoms in total. The van der Waals surface area contributed by atoms with Crippen LogP contribution >= 0.6 is 11.6 Å². The van der Waals surface area contributed by atoms with Gasteiger partial charge in [0.15, 0.2) is 0 Å². The SMILES string of the molecule is COC(=O)Nc1ccc(-c2cnc(C3CCCc4cc(-c5cc(Cl)ccc5-n5cnnn5)c[n+](O)c43)[nH]2)cc1. The minimum Gasteiger partial charge on any atom is -0.453 e. The molecule has 1 aliphatic carbocycles. The first-order valence-corrected chi connectivity index (χ1v) is 12.7. The summed E-state index contributed by atoms with van der Waals surface area (Å²) in [6.07, 6.45) is 7.08. The molecule has 3 aromatic heterocycles. The monoisotopic (exact) mass is 543 g/mol. The van der Waals surface area contributed by atoms with Crippen LogP contribution in [-0.2, 0) is 11.2 Å². The van der Waals surface area contributed by atoms with E-state index in [2.05, 4.69) is 41.6 Å². The maximum Gasteiger partial charge on any atom is 0.411 e. The third-order valence-electron chi connectivity index (χ3n) is 6.85. The lowest BCUT2D eigenvalue weighted by atomic mass is 9.85. The Hall–Kier alpha value is -4.77. The number of nitrogens with one attached hydrogen (secondary N) is 2. The Bertz CT molecular complexity index is 1650. The number of H-pyrrole nitrogens is 1. The Kier molecular flexibility index (Phi) is 6.41. The molecule has 1 aliphatic rings. The Morgan fingerprint density at radius 2 is 2.05 bits per heavy atom. The minimum absolute atomic E-state index is 0.111. The third-order valence-corrected chi connectivity index (χ3v) is 7.09. The molecule has 2 aromatic carbocycles. The fourth-order valence-electron chi connectivity index (χ4n) is 5.05. The van der Waals surface area contributed by atoms with E-state index in [1.165, 1.54) is 18.2 Å². The molecule has 0 fully saturated rings. The zero-order chi connectivity index (χ0) is 26.9. The van der Waals surface area contributed by atoms with Crippen LogP contribution in [0.3, 0.4) is 0 Å². The third kappa shape index (κ3) is 4.79. The maximum absolute atomic E-state index is 11.4. The minimum atomic E-state index is -0.523. The summed E-state index contributed by atoms with van der Waals surface area (Å²) in [4.78, 5) is 19.5. The Morgan fingerprint density at radius 3 is 2.82 bits per heavy atom. The fraction of sp³-hybridized carbons (Fsp3) is 0.185. The number of carbonyl (C=O) groups is 1. The van der Waals surface area contributed by atoms with Crippen LogP contribution < -0.4 is 10.0 Å². The number of carbonyl (C=O) groups excluding carboxylic acids is 1. The average molecular weight is 544 g/mol. The predicted octanol–water partition coefficient (Wildman–Crippen LogP) is 4.54. The second-order valence-corrected chi connectivity index (χ2v) is 9.66. The summed E-state index contributed by atoms with van der Waals surface area (Å²) < 4.78 is 7.40. The van der Waals surface area contributed by atoms with E-state index >= 15 is 0 Å². The van der Waals surface area contributed by atoms with Crippen molar-refractivity contribution >= 4 is 23.4 Å². The van der Waals surface area contributed by atoms with Crippen molar-refractivity contribution in [2.24, 2.45) is 0 Å². The van der Waals surface area contributed by atoms with E-state index in [4.69, 9.17) is 11.6 Å². The smallest absolute Gasteiger partial charge is 0.411 e. The number of amides is 1. The molecule has 0 aliphatic heterocycles. The Balaban J connectivity index is 1.32. The van der Waals surface area contributed by atoms with Crippen LogP contribution in [0.4, 0.5) is 10.5 Å². The molecule has 3 N–H and O–H groups in total. The van der Waals surface area contributed by atoms with Crippen LogP contribution in [0.1, 0.15) is 35.8 Å². The van der Waals surface area contributed by atoms with E-state index in [1.54, 1.807) is 35.3 Å². The zero-order valence-corrected chi connectivity index (χ0v) is 21.6. The van der Waals surface area contributed by atoms with Crippen LogP contribution in [0, 0.1) is 0 Å². The van der Waals surface area contributed by atoms with Crippen LogP contribution in [0.5, 0.6) is 0 Å². The van der Waals surface area contributed by atoms with Gasteiger partial charge in [-0.15, -0.1) is 5.10 Å². The van der Waals surface area contributed by atoms with Gasteiger partial charge in [-0.25, -0.2) is 9.78 Å². The Labute approximate surface area is 228 Å². The highest BCUT2D eigenvalue weighted by Gasteiger charge is 2.35. The van der Waals surface area contributed by atoms with Crippen molar-refractivity contribution in [3.63, 3.8) is 0 Å². The van der Waals surface area contributed by atoms with E-state index in [9.17, 15) is 10.0 Å². The molecule has 0 radical (unpaired) electrons. The van der Waals surface area contributed by atoms with Crippen LogP contribution in [0.15, 0.2) is 67.3 Å². The lowest BCUT2D eigenvalue weighted by molar-refractivity contribution is -0.910. The molecule has 196 valence electrons. The molecule has 0 saturated carbocycles. The lowest BCUT2D eigenvalue weighted by Gasteiger charge is -2.20. The number of benzene rings is 2. The highest BCUT2D eigenvalue weighted by molar-refractivity contribution is 6.31. The number of rotatable bonds is 5. The number of pyridine rings is 1.